The molecular weight excluding hydrogens is 232 g/mol. The van der Waals surface area contributed by atoms with E-state index in [1.165, 1.54) is 63.0 Å². The fourth-order valence-electron chi connectivity index (χ4n) is 3.10. The second kappa shape index (κ2) is 5.54. The lowest BCUT2D eigenvalue weighted by atomic mass is 10.0. The molecule has 0 atom stereocenters. The summed E-state index contributed by atoms with van der Waals surface area (Å²) in [6.07, 6.45) is 6.87. The zero-order chi connectivity index (χ0) is 13.1. The van der Waals surface area contributed by atoms with Crippen LogP contribution >= 0.6 is 0 Å². The van der Waals surface area contributed by atoms with Gasteiger partial charge in [-0.25, -0.2) is 0 Å². The van der Waals surface area contributed by atoms with Gasteiger partial charge in [-0.05, 0) is 55.2 Å². The first-order valence-corrected chi connectivity index (χ1v) is 7.86. The summed E-state index contributed by atoms with van der Waals surface area (Å²) in [7, 11) is 0. The zero-order valence-electron chi connectivity index (χ0n) is 12.1. The van der Waals surface area contributed by atoms with Gasteiger partial charge in [0.1, 0.15) is 0 Å². The molecule has 2 heteroatoms. The smallest absolute Gasteiger partial charge is 0.0366 e. The third kappa shape index (κ3) is 3.11. The van der Waals surface area contributed by atoms with E-state index in [1.807, 2.05) is 0 Å². The van der Waals surface area contributed by atoms with Crippen LogP contribution in [0.2, 0.25) is 0 Å². The maximum absolute atomic E-state index is 3.63. The highest BCUT2D eigenvalue weighted by Gasteiger charge is 2.39. The largest absolute Gasteiger partial charge is 0.372 e. The highest BCUT2D eigenvalue weighted by molar-refractivity contribution is 5.48. The Morgan fingerprint density at radius 3 is 2.37 bits per heavy atom. The summed E-state index contributed by atoms with van der Waals surface area (Å²) in [4.78, 5) is 2.49. The minimum Gasteiger partial charge on any atom is -0.372 e. The van der Waals surface area contributed by atoms with Crippen LogP contribution in [-0.4, -0.2) is 19.6 Å². The van der Waals surface area contributed by atoms with Gasteiger partial charge in [-0.3, -0.25) is 0 Å². The van der Waals surface area contributed by atoms with E-state index in [0.717, 1.165) is 6.54 Å². The van der Waals surface area contributed by atoms with Crippen molar-refractivity contribution in [3.05, 3.63) is 29.8 Å². The number of nitrogens with one attached hydrogen (secondary N) is 1. The monoisotopic (exact) mass is 258 g/mol. The average molecular weight is 258 g/mol. The predicted octanol–water partition coefficient (Wildman–Crippen LogP) is 3.57. The van der Waals surface area contributed by atoms with Crippen LogP contribution in [0.5, 0.6) is 0 Å². The number of hydrogen-bond donors (Lipinski definition) is 1. The third-order valence-corrected chi connectivity index (χ3v) is 4.94. The van der Waals surface area contributed by atoms with Crippen LogP contribution in [0.1, 0.15) is 44.6 Å². The molecule has 1 saturated heterocycles. The summed E-state index contributed by atoms with van der Waals surface area (Å²) in [5.41, 5.74) is 3.46. The summed E-state index contributed by atoms with van der Waals surface area (Å²) in [6.45, 7) is 6.99. The van der Waals surface area contributed by atoms with E-state index in [9.17, 15) is 0 Å². The van der Waals surface area contributed by atoms with Gasteiger partial charge >= 0.3 is 0 Å². The minimum atomic E-state index is 0.648. The van der Waals surface area contributed by atoms with E-state index < -0.39 is 0 Å². The fourth-order valence-corrected chi connectivity index (χ4v) is 3.10. The number of anilines is 1. The number of benzene rings is 1. The first kappa shape index (κ1) is 13.0. The van der Waals surface area contributed by atoms with Crippen molar-refractivity contribution in [1.82, 2.24) is 5.32 Å². The third-order valence-electron chi connectivity index (χ3n) is 4.94. The van der Waals surface area contributed by atoms with Gasteiger partial charge in [0.25, 0.3) is 0 Å². The Bertz CT molecular complexity index is 400. The van der Waals surface area contributed by atoms with Crippen molar-refractivity contribution in [2.24, 2.45) is 5.41 Å². The van der Waals surface area contributed by atoms with Crippen LogP contribution in [-0.2, 0) is 6.54 Å². The molecule has 1 aromatic carbocycles. The fraction of sp³-hybridized carbons (Fsp3) is 0.647. The summed E-state index contributed by atoms with van der Waals surface area (Å²) in [5.74, 6) is 0. The van der Waals surface area contributed by atoms with Gasteiger partial charge < -0.3 is 10.2 Å². The second-order valence-corrected chi connectivity index (χ2v) is 6.32. The summed E-state index contributed by atoms with van der Waals surface area (Å²) in [5, 5.41) is 3.63. The summed E-state index contributed by atoms with van der Waals surface area (Å²) >= 11 is 0. The van der Waals surface area contributed by atoms with Gasteiger partial charge in [-0.2, -0.15) is 0 Å². The molecule has 2 aliphatic rings. The Morgan fingerprint density at radius 2 is 1.79 bits per heavy atom. The van der Waals surface area contributed by atoms with Crippen LogP contribution in [0.3, 0.4) is 0 Å². The van der Waals surface area contributed by atoms with E-state index in [2.05, 4.69) is 41.4 Å². The Kier molecular flexibility index (Phi) is 3.79. The molecule has 104 valence electrons. The van der Waals surface area contributed by atoms with Crippen molar-refractivity contribution in [3.8, 4) is 0 Å². The molecule has 2 fully saturated rings. The van der Waals surface area contributed by atoms with Gasteiger partial charge in [0.05, 0.1) is 0 Å². The topological polar surface area (TPSA) is 15.3 Å². The van der Waals surface area contributed by atoms with E-state index >= 15 is 0 Å². The normalized spacial score (nSPS) is 20.8. The average Bonchev–Trinajstić information content (AvgIpc) is 3.02. The maximum Gasteiger partial charge on any atom is 0.0366 e. The molecule has 19 heavy (non-hydrogen) atoms. The van der Waals surface area contributed by atoms with Crippen LogP contribution in [0, 0.1) is 5.41 Å². The van der Waals surface area contributed by atoms with Gasteiger partial charge in [0, 0.05) is 31.9 Å². The Hall–Kier alpha value is -1.02. The Labute approximate surface area is 117 Å². The van der Waals surface area contributed by atoms with E-state index in [0.29, 0.717) is 5.41 Å². The SMILES string of the molecule is CCC1(CNCc2ccc(N3CCCC3)cc2)CC1. The van der Waals surface area contributed by atoms with Crippen LogP contribution in [0.4, 0.5) is 5.69 Å². The van der Waals surface area contributed by atoms with Crippen LogP contribution in [0.15, 0.2) is 24.3 Å². The summed E-state index contributed by atoms with van der Waals surface area (Å²) < 4.78 is 0. The number of rotatable bonds is 6. The van der Waals surface area contributed by atoms with Gasteiger partial charge in [-0.1, -0.05) is 19.1 Å². The molecule has 1 aromatic rings. The van der Waals surface area contributed by atoms with E-state index in [4.69, 9.17) is 0 Å². The highest BCUT2D eigenvalue weighted by atomic mass is 15.1. The van der Waals surface area contributed by atoms with Crippen LogP contribution in [0.25, 0.3) is 0 Å². The Balaban J connectivity index is 1.48. The molecule has 3 rings (SSSR count). The second-order valence-electron chi connectivity index (χ2n) is 6.32. The molecule has 1 aliphatic carbocycles. The van der Waals surface area contributed by atoms with Crippen molar-refractivity contribution >= 4 is 5.69 Å². The molecule has 1 aliphatic heterocycles. The quantitative estimate of drug-likeness (QED) is 0.839. The molecule has 1 N–H and O–H groups in total. The first-order valence-electron chi connectivity index (χ1n) is 7.86. The van der Waals surface area contributed by atoms with Crippen molar-refractivity contribution in [2.45, 2.75) is 45.6 Å². The molecule has 0 spiro atoms. The standard InChI is InChI=1S/C17H26N2/c1-2-17(9-10-17)14-18-13-15-5-7-16(8-6-15)19-11-3-4-12-19/h5-8,18H,2-4,9-14H2,1H3. The molecule has 2 nitrogen and oxygen atoms in total. The maximum atomic E-state index is 3.63. The number of nitrogens with zero attached hydrogens (tertiary/aromatic N) is 1. The zero-order valence-corrected chi connectivity index (χ0v) is 12.1. The van der Waals surface area contributed by atoms with Crippen molar-refractivity contribution in [2.75, 3.05) is 24.5 Å². The van der Waals surface area contributed by atoms with Gasteiger partial charge in [-0.15, -0.1) is 0 Å². The molecule has 0 aromatic heterocycles. The van der Waals surface area contributed by atoms with E-state index in [-0.39, 0.29) is 0 Å². The van der Waals surface area contributed by atoms with Gasteiger partial charge in [0.2, 0.25) is 0 Å². The molecule has 0 radical (unpaired) electrons. The predicted molar refractivity (Wildman–Crippen MR) is 81.6 cm³/mol. The van der Waals surface area contributed by atoms with Crippen molar-refractivity contribution in [1.29, 1.82) is 0 Å². The molecule has 1 heterocycles. The lowest BCUT2D eigenvalue weighted by Gasteiger charge is -2.18. The summed E-state index contributed by atoms with van der Waals surface area (Å²) in [6, 6.07) is 9.14. The molecule has 0 amide bonds. The highest BCUT2D eigenvalue weighted by Crippen LogP contribution is 2.47. The number of hydrogen-bond acceptors (Lipinski definition) is 2. The molecular formula is C17H26N2. The minimum absolute atomic E-state index is 0.648. The molecule has 0 bridgehead atoms. The van der Waals surface area contributed by atoms with E-state index in [1.54, 1.807) is 0 Å². The first-order chi connectivity index (χ1) is 9.31. The van der Waals surface area contributed by atoms with Crippen LogP contribution < -0.4 is 10.2 Å². The van der Waals surface area contributed by atoms with Crippen molar-refractivity contribution < 1.29 is 0 Å². The van der Waals surface area contributed by atoms with Gasteiger partial charge in [0.15, 0.2) is 0 Å². The van der Waals surface area contributed by atoms with Crippen molar-refractivity contribution in [3.63, 3.8) is 0 Å². The molecule has 0 unspecified atom stereocenters. The Morgan fingerprint density at radius 1 is 1.11 bits per heavy atom. The molecule has 1 saturated carbocycles. The lowest BCUT2D eigenvalue weighted by Crippen LogP contribution is -2.23. The lowest BCUT2D eigenvalue weighted by molar-refractivity contribution is 0.443.